The van der Waals surface area contributed by atoms with Crippen molar-refractivity contribution in [1.29, 1.82) is 0 Å². The Balaban J connectivity index is 3.27. The molecule has 0 saturated heterocycles. The van der Waals surface area contributed by atoms with E-state index in [1.54, 1.807) is 0 Å². The van der Waals surface area contributed by atoms with Gasteiger partial charge in [-0.1, -0.05) is 19.6 Å². The number of rotatable bonds is 8. The van der Waals surface area contributed by atoms with Gasteiger partial charge in [0.1, 0.15) is 0 Å². The highest BCUT2D eigenvalue weighted by Crippen LogP contribution is 2.02. The van der Waals surface area contributed by atoms with Crippen molar-refractivity contribution >= 4 is 18.2 Å². The fourth-order valence-electron chi connectivity index (χ4n) is 0.895. The first-order chi connectivity index (χ1) is 6.71. The van der Waals surface area contributed by atoms with Gasteiger partial charge in [-0.15, -0.1) is 0 Å². The first kappa shape index (κ1) is 15.1. The van der Waals surface area contributed by atoms with E-state index < -0.39 is 18.2 Å². The third kappa shape index (κ3) is 14.1. The van der Waals surface area contributed by atoms with Crippen molar-refractivity contribution in [3.8, 4) is 0 Å². The molecule has 4 nitrogen and oxygen atoms in total. The third-order valence-electron chi connectivity index (χ3n) is 1.52. The summed E-state index contributed by atoms with van der Waals surface area (Å²) < 4.78 is 31.3. The SMILES string of the molecule is C[Si](C)(C)COCCCCOS(C)(=O)=O. The maximum absolute atomic E-state index is 10.6. The van der Waals surface area contributed by atoms with Crippen LogP contribution in [0.5, 0.6) is 0 Å². The second kappa shape index (κ2) is 6.62. The number of ether oxygens (including phenoxy) is 1. The summed E-state index contributed by atoms with van der Waals surface area (Å²) in [5, 5.41) is 0. The Morgan fingerprint density at radius 2 is 1.60 bits per heavy atom. The van der Waals surface area contributed by atoms with E-state index in [0.717, 1.165) is 25.3 Å². The smallest absolute Gasteiger partial charge is 0.264 e. The van der Waals surface area contributed by atoms with E-state index >= 15 is 0 Å². The van der Waals surface area contributed by atoms with Gasteiger partial charge in [0.25, 0.3) is 10.1 Å². The molecule has 0 amide bonds. The first-order valence-electron chi connectivity index (χ1n) is 5.13. The number of unbranched alkanes of at least 4 members (excludes halogenated alkanes) is 1. The third-order valence-corrected chi connectivity index (χ3v) is 3.18. The van der Waals surface area contributed by atoms with Crippen molar-refractivity contribution in [2.75, 3.05) is 25.7 Å². The van der Waals surface area contributed by atoms with Crippen molar-refractivity contribution < 1.29 is 17.3 Å². The van der Waals surface area contributed by atoms with Gasteiger partial charge >= 0.3 is 0 Å². The van der Waals surface area contributed by atoms with E-state index in [1.165, 1.54) is 0 Å². The lowest BCUT2D eigenvalue weighted by atomic mass is 10.3. The maximum atomic E-state index is 10.6. The molecule has 0 radical (unpaired) electrons. The molecule has 0 rings (SSSR count). The molecule has 0 atom stereocenters. The summed E-state index contributed by atoms with van der Waals surface area (Å²) in [6.07, 6.45) is 3.49. The molecule has 0 saturated carbocycles. The standard InChI is InChI=1S/C9H22O4SSi/c1-14(10,11)13-8-6-5-7-12-9-15(2,3)4/h5-9H2,1-4H3. The highest BCUT2D eigenvalue weighted by molar-refractivity contribution is 7.85. The largest absolute Gasteiger partial charge is 0.385 e. The minimum absolute atomic E-state index is 0.259. The van der Waals surface area contributed by atoms with Crippen LogP contribution in [-0.2, 0) is 19.0 Å². The molecule has 0 bridgehead atoms. The summed E-state index contributed by atoms with van der Waals surface area (Å²) in [5.74, 6) is 0. The van der Waals surface area contributed by atoms with Gasteiger partial charge in [0.05, 0.1) is 20.9 Å². The van der Waals surface area contributed by atoms with Crippen LogP contribution >= 0.6 is 0 Å². The van der Waals surface area contributed by atoms with E-state index in [1.807, 2.05) is 0 Å². The van der Waals surface area contributed by atoms with E-state index in [4.69, 9.17) is 4.74 Å². The quantitative estimate of drug-likeness (QED) is 0.375. The number of hydrogen-bond acceptors (Lipinski definition) is 4. The van der Waals surface area contributed by atoms with Crippen LogP contribution in [0.25, 0.3) is 0 Å². The molecule has 15 heavy (non-hydrogen) atoms. The zero-order valence-electron chi connectivity index (χ0n) is 10.1. The molecule has 0 N–H and O–H groups in total. The average molecular weight is 254 g/mol. The second-order valence-electron chi connectivity index (χ2n) is 4.85. The minimum atomic E-state index is -3.27. The van der Waals surface area contributed by atoms with Gasteiger partial charge in [-0.25, -0.2) is 0 Å². The molecule has 0 fully saturated rings. The monoisotopic (exact) mass is 254 g/mol. The average Bonchev–Trinajstić information content (AvgIpc) is 1.98. The van der Waals surface area contributed by atoms with E-state index in [9.17, 15) is 8.42 Å². The molecule has 0 unspecified atom stereocenters. The van der Waals surface area contributed by atoms with Gasteiger partial charge in [0.2, 0.25) is 0 Å². The lowest BCUT2D eigenvalue weighted by Crippen LogP contribution is -2.28. The van der Waals surface area contributed by atoms with E-state index in [2.05, 4.69) is 23.8 Å². The minimum Gasteiger partial charge on any atom is -0.385 e. The molecular weight excluding hydrogens is 232 g/mol. The molecule has 0 aliphatic heterocycles. The Morgan fingerprint density at radius 1 is 1.07 bits per heavy atom. The van der Waals surface area contributed by atoms with E-state index in [0.29, 0.717) is 6.61 Å². The van der Waals surface area contributed by atoms with Gasteiger partial charge in [-0.05, 0) is 12.8 Å². The van der Waals surface area contributed by atoms with Crippen molar-refractivity contribution in [2.45, 2.75) is 32.5 Å². The van der Waals surface area contributed by atoms with Crippen LogP contribution in [0.3, 0.4) is 0 Å². The van der Waals surface area contributed by atoms with Gasteiger partial charge in [-0.3, -0.25) is 4.18 Å². The lowest BCUT2D eigenvalue weighted by molar-refractivity contribution is 0.162. The summed E-state index contributed by atoms with van der Waals surface area (Å²) in [5.41, 5.74) is 0. The van der Waals surface area contributed by atoms with Crippen LogP contribution in [0.1, 0.15) is 12.8 Å². The lowest BCUT2D eigenvalue weighted by Gasteiger charge is -2.15. The molecule has 0 aromatic rings. The van der Waals surface area contributed by atoms with Gasteiger partial charge in [0.15, 0.2) is 0 Å². The van der Waals surface area contributed by atoms with E-state index in [-0.39, 0.29) is 6.61 Å². The molecule has 0 aromatic heterocycles. The Kier molecular flexibility index (Phi) is 6.66. The molecule has 6 heteroatoms. The molecule has 0 heterocycles. The zero-order valence-corrected chi connectivity index (χ0v) is 11.9. The fraction of sp³-hybridized carbons (Fsp3) is 1.00. The molecule has 0 aliphatic rings. The van der Waals surface area contributed by atoms with Crippen LogP contribution in [0.2, 0.25) is 19.6 Å². The summed E-state index contributed by atoms with van der Waals surface area (Å²) >= 11 is 0. The zero-order chi connectivity index (χ0) is 11.9. The van der Waals surface area contributed by atoms with Crippen LogP contribution in [0, 0.1) is 0 Å². The maximum Gasteiger partial charge on any atom is 0.264 e. The Labute approximate surface area is 94.1 Å². The summed E-state index contributed by atoms with van der Waals surface area (Å²) in [4.78, 5) is 0. The van der Waals surface area contributed by atoms with Gasteiger partial charge in [-0.2, -0.15) is 8.42 Å². The Bertz CT molecular complexity index is 256. The van der Waals surface area contributed by atoms with Crippen molar-refractivity contribution in [1.82, 2.24) is 0 Å². The molecule has 92 valence electrons. The summed E-state index contributed by atoms with van der Waals surface area (Å²) in [6, 6.07) is 0. The van der Waals surface area contributed by atoms with Crippen molar-refractivity contribution in [2.24, 2.45) is 0 Å². The summed E-state index contributed by atoms with van der Waals surface area (Å²) in [6.45, 7) is 7.70. The highest BCUT2D eigenvalue weighted by atomic mass is 32.2. The topological polar surface area (TPSA) is 52.6 Å². The fourth-order valence-corrected chi connectivity index (χ4v) is 2.07. The predicted octanol–water partition coefficient (Wildman–Crippen LogP) is 1.64. The van der Waals surface area contributed by atoms with Crippen LogP contribution in [0.4, 0.5) is 0 Å². The Hall–Kier alpha value is 0.0869. The van der Waals surface area contributed by atoms with Gasteiger partial charge in [0, 0.05) is 12.8 Å². The van der Waals surface area contributed by atoms with Crippen LogP contribution < -0.4 is 0 Å². The molecule has 0 spiro atoms. The second-order valence-corrected chi connectivity index (χ2v) is 11.9. The van der Waals surface area contributed by atoms with Crippen molar-refractivity contribution in [3.63, 3.8) is 0 Å². The molecule has 0 aliphatic carbocycles. The Morgan fingerprint density at radius 3 is 2.07 bits per heavy atom. The molecule has 0 aromatic carbocycles. The van der Waals surface area contributed by atoms with Crippen LogP contribution in [-0.4, -0.2) is 42.2 Å². The first-order valence-corrected chi connectivity index (χ1v) is 10.7. The van der Waals surface area contributed by atoms with Crippen LogP contribution in [0.15, 0.2) is 0 Å². The predicted molar refractivity (Wildman–Crippen MR) is 64.2 cm³/mol. The normalized spacial score (nSPS) is 13.1. The van der Waals surface area contributed by atoms with Gasteiger partial charge < -0.3 is 4.74 Å². The highest BCUT2D eigenvalue weighted by Gasteiger charge is 2.12. The van der Waals surface area contributed by atoms with Crippen molar-refractivity contribution in [3.05, 3.63) is 0 Å². The number of hydrogen-bond donors (Lipinski definition) is 0. The molecular formula is C9H22O4SSi. The summed E-state index contributed by atoms with van der Waals surface area (Å²) in [7, 11) is -4.38.